The second-order valence-electron chi connectivity index (χ2n) is 4.92. The number of hydrogen-bond donors (Lipinski definition) is 2. The fourth-order valence-corrected chi connectivity index (χ4v) is 2.37. The quantitative estimate of drug-likeness (QED) is 0.807. The van der Waals surface area contributed by atoms with E-state index in [0.717, 1.165) is 11.8 Å². The zero-order valence-electron chi connectivity index (χ0n) is 10.9. The SMILES string of the molecule is C=C1C(NC(=O)OC(C)(C)C)=C(C(=O)O)SC1C. The predicted octanol–water partition coefficient (Wildman–Crippen LogP) is 2.50. The third kappa shape index (κ3) is 3.53. The van der Waals surface area contributed by atoms with Crippen LogP contribution in [0.2, 0.25) is 0 Å². The number of carbonyl (C=O) groups is 2. The van der Waals surface area contributed by atoms with Crippen molar-refractivity contribution in [2.75, 3.05) is 0 Å². The molecule has 0 aromatic carbocycles. The molecule has 1 rings (SSSR count). The van der Waals surface area contributed by atoms with Gasteiger partial charge in [-0.15, -0.1) is 11.8 Å². The molecule has 1 aliphatic heterocycles. The summed E-state index contributed by atoms with van der Waals surface area (Å²) in [5, 5.41) is 11.4. The molecule has 0 bridgehead atoms. The van der Waals surface area contributed by atoms with E-state index < -0.39 is 17.7 Å². The van der Waals surface area contributed by atoms with Crippen LogP contribution < -0.4 is 5.32 Å². The van der Waals surface area contributed by atoms with Crippen molar-refractivity contribution in [2.24, 2.45) is 0 Å². The van der Waals surface area contributed by atoms with Gasteiger partial charge in [0.15, 0.2) is 0 Å². The van der Waals surface area contributed by atoms with Crippen molar-refractivity contribution in [3.8, 4) is 0 Å². The predicted molar refractivity (Wildman–Crippen MR) is 70.2 cm³/mol. The minimum Gasteiger partial charge on any atom is -0.477 e. The molecule has 100 valence electrons. The lowest BCUT2D eigenvalue weighted by molar-refractivity contribution is -0.131. The van der Waals surface area contributed by atoms with E-state index in [2.05, 4.69) is 11.9 Å². The average molecular weight is 271 g/mol. The van der Waals surface area contributed by atoms with E-state index in [1.807, 2.05) is 6.92 Å². The number of allylic oxidation sites excluding steroid dienone is 1. The monoisotopic (exact) mass is 271 g/mol. The van der Waals surface area contributed by atoms with Crippen LogP contribution in [0.25, 0.3) is 0 Å². The van der Waals surface area contributed by atoms with Crippen LogP contribution >= 0.6 is 11.8 Å². The number of ether oxygens (including phenoxy) is 1. The van der Waals surface area contributed by atoms with Crippen molar-refractivity contribution >= 4 is 23.8 Å². The maximum Gasteiger partial charge on any atom is 0.412 e. The molecule has 1 atom stereocenters. The Morgan fingerprint density at radius 2 is 2.00 bits per heavy atom. The van der Waals surface area contributed by atoms with Gasteiger partial charge in [0.05, 0.1) is 5.70 Å². The van der Waals surface area contributed by atoms with Crippen LogP contribution in [-0.2, 0) is 9.53 Å². The van der Waals surface area contributed by atoms with E-state index in [1.54, 1.807) is 20.8 Å². The average Bonchev–Trinajstić information content (AvgIpc) is 2.43. The normalized spacial score (nSPS) is 20.0. The van der Waals surface area contributed by atoms with Crippen LogP contribution in [-0.4, -0.2) is 28.0 Å². The highest BCUT2D eigenvalue weighted by atomic mass is 32.2. The molecule has 1 heterocycles. The standard InChI is InChI=1S/C12H17NO4S/c1-6-7(2)18-9(10(14)15)8(6)13-11(16)17-12(3,4)5/h7H,1H2,2-5H3,(H,13,16)(H,14,15). The highest BCUT2D eigenvalue weighted by Crippen LogP contribution is 2.39. The highest BCUT2D eigenvalue weighted by Gasteiger charge is 2.32. The number of thioether (sulfide) groups is 1. The van der Waals surface area contributed by atoms with Crippen molar-refractivity contribution in [1.82, 2.24) is 5.32 Å². The highest BCUT2D eigenvalue weighted by molar-refractivity contribution is 8.05. The zero-order valence-corrected chi connectivity index (χ0v) is 11.7. The van der Waals surface area contributed by atoms with E-state index in [1.165, 1.54) is 0 Å². The molecule has 1 amide bonds. The topological polar surface area (TPSA) is 75.6 Å². The first-order chi connectivity index (χ1) is 8.11. The number of nitrogens with one attached hydrogen (secondary N) is 1. The van der Waals surface area contributed by atoms with Crippen LogP contribution in [0.15, 0.2) is 22.8 Å². The lowest BCUT2D eigenvalue weighted by atomic mass is 10.1. The van der Waals surface area contributed by atoms with E-state index in [4.69, 9.17) is 9.84 Å². The van der Waals surface area contributed by atoms with Crippen LogP contribution in [0, 0.1) is 0 Å². The van der Waals surface area contributed by atoms with Crippen LogP contribution in [0.1, 0.15) is 27.7 Å². The van der Waals surface area contributed by atoms with Crippen LogP contribution in [0.4, 0.5) is 4.79 Å². The van der Waals surface area contributed by atoms with Crippen molar-refractivity contribution in [1.29, 1.82) is 0 Å². The molecule has 0 saturated heterocycles. The Labute approximate surface area is 110 Å². The summed E-state index contributed by atoms with van der Waals surface area (Å²) in [6.45, 7) is 10.8. The number of carboxylic acid groups (broad SMARTS) is 1. The molecule has 1 unspecified atom stereocenters. The zero-order chi connectivity index (χ0) is 14.1. The largest absolute Gasteiger partial charge is 0.477 e. The molecule has 5 nitrogen and oxygen atoms in total. The molecule has 0 radical (unpaired) electrons. The number of alkyl carbamates (subject to hydrolysis) is 1. The van der Waals surface area contributed by atoms with Gasteiger partial charge in [-0.1, -0.05) is 6.58 Å². The van der Waals surface area contributed by atoms with Gasteiger partial charge >= 0.3 is 12.1 Å². The van der Waals surface area contributed by atoms with Crippen LogP contribution in [0.3, 0.4) is 0 Å². The molecule has 0 fully saturated rings. The van der Waals surface area contributed by atoms with E-state index in [-0.39, 0.29) is 15.9 Å². The van der Waals surface area contributed by atoms with E-state index in [9.17, 15) is 9.59 Å². The summed E-state index contributed by atoms with van der Waals surface area (Å²) in [7, 11) is 0. The molecule has 1 aliphatic rings. The van der Waals surface area contributed by atoms with Crippen molar-refractivity contribution in [2.45, 2.75) is 38.5 Å². The van der Waals surface area contributed by atoms with Crippen LogP contribution in [0.5, 0.6) is 0 Å². The summed E-state index contributed by atoms with van der Waals surface area (Å²) in [4.78, 5) is 22.8. The van der Waals surface area contributed by atoms with E-state index >= 15 is 0 Å². The molecular weight excluding hydrogens is 254 g/mol. The fourth-order valence-electron chi connectivity index (χ4n) is 1.36. The first-order valence-corrected chi connectivity index (χ1v) is 6.33. The number of aliphatic carboxylic acids is 1. The Balaban J connectivity index is 2.87. The Kier molecular flexibility index (Phi) is 4.11. The molecule has 0 aromatic rings. The molecule has 2 N–H and O–H groups in total. The third-order valence-corrected chi connectivity index (χ3v) is 3.41. The van der Waals surface area contributed by atoms with Crippen molar-refractivity contribution < 1.29 is 19.4 Å². The van der Waals surface area contributed by atoms with Gasteiger partial charge in [0.1, 0.15) is 10.5 Å². The molecule has 18 heavy (non-hydrogen) atoms. The maximum atomic E-state index is 11.6. The second kappa shape index (κ2) is 5.06. The van der Waals surface area contributed by atoms with Crippen molar-refractivity contribution in [3.63, 3.8) is 0 Å². The van der Waals surface area contributed by atoms with Crippen molar-refractivity contribution in [3.05, 3.63) is 22.8 Å². The summed E-state index contributed by atoms with van der Waals surface area (Å²) >= 11 is 1.16. The summed E-state index contributed by atoms with van der Waals surface area (Å²) in [6, 6.07) is 0. The lowest BCUT2D eigenvalue weighted by Gasteiger charge is -2.20. The Bertz CT molecular complexity index is 434. The summed E-state index contributed by atoms with van der Waals surface area (Å²) in [6.07, 6.45) is -0.674. The number of carbonyl (C=O) groups excluding carboxylic acids is 1. The lowest BCUT2D eigenvalue weighted by Crippen LogP contribution is -2.33. The minimum atomic E-state index is -1.07. The fraction of sp³-hybridized carbons (Fsp3) is 0.500. The Morgan fingerprint density at radius 3 is 2.44 bits per heavy atom. The number of rotatable bonds is 2. The summed E-state index contributed by atoms with van der Waals surface area (Å²) in [5.74, 6) is -1.07. The van der Waals surface area contributed by atoms with Gasteiger partial charge in [-0.2, -0.15) is 0 Å². The van der Waals surface area contributed by atoms with Gasteiger partial charge in [0, 0.05) is 5.25 Å². The number of amides is 1. The summed E-state index contributed by atoms with van der Waals surface area (Å²) in [5.41, 5.74) is 0.199. The Hall–Kier alpha value is -1.43. The molecule has 0 aromatic heterocycles. The molecule has 0 aliphatic carbocycles. The smallest absolute Gasteiger partial charge is 0.412 e. The van der Waals surface area contributed by atoms with Gasteiger partial charge < -0.3 is 9.84 Å². The van der Waals surface area contributed by atoms with Gasteiger partial charge in [-0.05, 0) is 33.3 Å². The second-order valence-corrected chi connectivity index (χ2v) is 6.27. The molecular formula is C12H17NO4S. The number of hydrogen-bond acceptors (Lipinski definition) is 4. The van der Waals surface area contributed by atoms with E-state index in [0.29, 0.717) is 5.57 Å². The van der Waals surface area contributed by atoms with Gasteiger partial charge in [-0.25, -0.2) is 9.59 Å². The number of carboxylic acids is 1. The molecule has 0 spiro atoms. The Morgan fingerprint density at radius 1 is 1.44 bits per heavy atom. The van der Waals surface area contributed by atoms with Gasteiger partial charge in [-0.3, -0.25) is 5.32 Å². The molecule has 6 heteroatoms. The first kappa shape index (κ1) is 14.6. The minimum absolute atomic E-state index is 0.0685. The maximum absolute atomic E-state index is 11.6. The molecule has 0 saturated carbocycles. The third-order valence-electron chi connectivity index (χ3n) is 2.15. The van der Waals surface area contributed by atoms with Gasteiger partial charge in [0.2, 0.25) is 0 Å². The first-order valence-electron chi connectivity index (χ1n) is 5.45. The van der Waals surface area contributed by atoms with Gasteiger partial charge in [0.25, 0.3) is 0 Å². The summed E-state index contributed by atoms with van der Waals surface area (Å²) < 4.78 is 5.08.